The Labute approximate surface area is 202 Å². The van der Waals surface area contributed by atoms with Gasteiger partial charge in [0.05, 0.1) is 18.6 Å². The zero-order chi connectivity index (χ0) is 23.4. The molecule has 7 heteroatoms. The van der Waals surface area contributed by atoms with Crippen LogP contribution in [-0.4, -0.2) is 23.2 Å². The van der Waals surface area contributed by atoms with E-state index in [1.54, 1.807) is 25.3 Å². The third kappa shape index (κ3) is 5.41. The van der Waals surface area contributed by atoms with Crippen molar-refractivity contribution < 1.29 is 19.1 Å². The summed E-state index contributed by atoms with van der Waals surface area (Å²) < 4.78 is 11.5. The van der Waals surface area contributed by atoms with E-state index in [-0.39, 0.29) is 24.3 Å². The number of rotatable bonds is 7. The highest BCUT2D eigenvalue weighted by molar-refractivity contribution is 8.18. The second-order valence-electron chi connectivity index (χ2n) is 7.55. The smallest absolute Gasteiger partial charge is 0.293 e. The van der Waals surface area contributed by atoms with Gasteiger partial charge >= 0.3 is 0 Å². The van der Waals surface area contributed by atoms with Gasteiger partial charge in [-0.3, -0.25) is 14.5 Å². The first kappa shape index (κ1) is 23.0. The van der Waals surface area contributed by atoms with E-state index >= 15 is 0 Å². The summed E-state index contributed by atoms with van der Waals surface area (Å²) in [5.74, 6) is 0.699. The quantitative estimate of drug-likeness (QED) is 0.363. The lowest BCUT2D eigenvalue weighted by Crippen LogP contribution is -2.27. The number of carbonyl (C=O) groups is 2. The standard InChI is InChI=1S/C26H22ClNO4S/c1-17-6-3-7-18(12-17)15-28-25(29)23(33-26(28)30)14-20-9-5-11-22(31-2)24(20)32-16-19-8-4-10-21(27)13-19/h3-14H,15-16H2,1-2H3/b23-14-. The van der Waals surface area contributed by atoms with Crippen LogP contribution in [0, 0.1) is 6.92 Å². The van der Waals surface area contributed by atoms with Crippen molar-refractivity contribution >= 4 is 40.6 Å². The SMILES string of the molecule is COc1cccc(/C=C2\SC(=O)N(Cc3cccc(C)c3)C2=O)c1OCc1cccc(Cl)c1. The van der Waals surface area contributed by atoms with Crippen molar-refractivity contribution in [3.63, 3.8) is 0 Å². The predicted octanol–water partition coefficient (Wildman–Crippen LogP) is 6.47. The summed E-state index contributed by atoms with van der Waals surface area (Å²) in [7, 11) is 1.56. The van der Waals surface area contributed by atoms with Gasteiger partial charge in [-0.2, -0.15) is 0 Å². The Bertz CT molecular complexity index is 1240. The van der Waals surface area contributed by atoms with Crippen molar-refractivity contribution in [3.8, 4) is 11.5 Å². The van der Waals surface area contributed by atoms with E-state index in [1.807, 2.05) is 61.5 Å². The zero-order valence-electron chi connectivity index (χ0n) is 18.2. The molecule has 1 aliphatic heterocycles. The molecule has 0 unspecified atom stereocenters. The first-order valence-corrected chi connectivity index (χ1v) is 11.5. The number of hydrogen-bond acceptors (Lipinski definition) is 5. The van der Waals surface area contributed by atoms with Crippen LogP contribution < -0.4 is 9.47 Å². The minimum Gasteiger partial charge on any atom is -0.493 e. The molecule has 0 radical (unpaired) electrons. The number of benzene rings is 3. The molecule has 1 saturated heterocycles. The highest BCUT2D eigenvalue weighted by atomic mass is 35.5. The van der Waals surface area contributed by atoms with Gasteiger partial charge in [0.25, 0.3) is 11.1 Å². The summed E-state index contributed by atoms with van der Waals surface area (Å²) in [6.45, 7) is 2.49. The summed E-state index contributed by atoms with van der Waals surface area (Å²) in [4.78, 5) is 27.2. The molecule has 2 amide bonds. The molecule has 0 aromatic heterocycles. The molecule has 0 N–H and O–H groups in total. The van der Waals surface area contributed by atoms with E-state index in [0.29, 0.717) is 27.0 Å². The van der Waals surface area contributed by atoms with E-state index in [1.165, 1.54) is 4.90 Å². The first-order chi connectivity index (χ1) is 15.9. The van der Waals surface area contributed by atoms with Crippen molar-refractivity contribution in [2.75, 3.05) is 7.11 Å². The summed E-state index contributed by atoms with van der Waals surface area (Å²) in [5.41, 5.74) is 3.54. The van der Waals surface area contributed by atoms with Crippen LogP contribution in [0.1, 0.15) is 22.3 Å². The Hall–Kier alpha value is -3.22. The van der Waals surface area contributed by atoms with Crippen molar-refractivity contribution in [3.05, 3.63) is 98.9 Å². The van der Waals surface area contributed by atoms with Crippen LogP contribution in [0.25, 0.3) is 6.08 Å². The zero-order valence-corrected chi connectivity index (χ0v) is 19.8. The first-order valence-electron chi connectivity index (χ1n) is 10.3. The lowest BCUT2D eigenvalue weighted by molar-refractivity contribution is -0.123. The fourth-order valence-corrected chi connectivity index (χ4v) is 4.56. The van der Waals surface area contributed by atoms with Gasteiger partial charge in [0.2, 0.25) is 0 Å². The largest absolute Gasteiger partial charge is 0.493 e. The fourth-order valence-electron chi connectivity index (χ4n) is 3.51. The Morgan fingerprint density at radius 2 is 1.76 bits per heavy atom. The number of thioether (sulfide) groups is 1. The van der Waals surface area contributed by atoms with Gasteiger partial charge in [-0.25, -0.2) is 0 Å². The number of methoxy groups -OCH3 is 1. The molecule has 4 rings (SSSR count). The van der Waals surface area contributed by atoms with Crippen molar-refractivity contribution in [1.29, 1.82) is 0 Å². The number of ether oxygens (including phenoxy) is 2. The normalized spacial score (nSPS) is 14.8. The molecular weight excluding hydrogens is 458 g/mol. The van der Waals surface area contributed by atoms with Crippen LogP contribution in [-0.2, 0) is 17.9 Å². The fraction of sp³-hybridized carbons (Fsp3) is 0.154. The molecule has 5 nitrogen and oxygen atoms in total. The van der Waals surface area contributed by atoms with Crippen LogP contribution >= 0.6 is 23.4 Å². The third-order valence-electron chi connectivity index (χ3n) is 5.08. The molecule has 168 valence electrons. The molecular formula is C26H22ClNO4S. The topological polar surface area (TPSA) is 55.8 Å². The van der Waals surface area contributed by atoms with Gasteiger partial charge in [-0.15, -0.1) is 0 Å². The predicted molar refractivity (Wildman–Crippen MR) is 131 cm³/mol. The minimum absolute atomic E-state index is 0.236. The minimum atomic E-state index is -0.324. The molecule has 1 fully saturated rings. The second-order valence-corrected chi connectivity index (χ2v) is 8.98. The second kappa shape index (κ2) is 10.1. The number of amides is 2. The van der Waals surface area contributed by atoms with E-state index in [2.05, 4.69) is 0 Å². The van der Waals surface area contributed by atoms with Gasteiger partial charge in [0, 0.05) is 10.6 Å². The summed E-state index contributed by atoms with van der Waals surface area (Å²) >= 11 is 7.00. The van der Waals surface area contributed by atoms with Crippen LogP contribution in [0.4, 0.5) is 4.79 Å². The van der Waals surface area contributed by atoms with Gasteiger partial charge < -0.3 is 9.47 Å². The number of para-hydroxylation sites is 1. The van der Waals surface area contributed by atoms with Gasteiger partial charge in [0.1, 0.15) is 6.61 Å². The number of halogens is 1. The van der Waals surface area contributed by atoms with Crippen molar-refractivity contribution in [2.45, 2.75) is 20.1 Å². The molecule has 0 saturated carbocycles. The average molecular weight is 480 g/mol. The Balaban J connectivity index is 1.59. The summed E-state index contributed by atoms with van der Waals surface area (Å²) in [6.07, 6.45) is 1.68. The Morgan fingerprint density at radius 3 is 2.52 bits per heavy atom. The maximum Gasteiger partial charge on any atom is 0.293 e. The number of nitrogens with zero attached hydrogens (tertiary/aromatic N) is 1. The summed E-state index contributed by atoms with van der Waals surface area (Å²) in [6, 6.07) is 20.6. The molecule has 1 aliphatic rings. The van der Waals surface area contributed by atoms with Crippen LogP contribution in [0.2, 0.25) is 5.02 Å². The van der Waals surface area contributed by atoms with E-state index < -0.39 is 0 Å². The third-order valence-corrected chi connectivity index (χ3v) is 6.23. The number of aryl methyl sites for hydroxylation is 1. The molecule has 0 bridgehead atoms. The van der Waals surface area contributed by atoms with E-state index in [4.69, 9.17) is 21.1 Å². The van der Waals surface area contributed by atoms with Crippen LogP contribution in [0.15, 0.2) is 71.6 Å². The molecule has 0 aliphatic carbocycles. The molecule has 3 aromatic carbocycles. The highest BCUT2D eigenvalue weighted by Gasteiger charge is 2.35. The van der Waals surface area contributed by atoms with Crippen LogP contribution in [0.5, 0.6) is 11.5 Å². The monoisotopic (exact) mass is 479 g/mol. The Kier molecular flexibility index (Phi) is 7.06. The Morgan fingerprint density at radius 1 is 1.00 bits per heavy atom. The van der Waals surface area contributed by atoms with Gasteiger partial charge in [-0.1, -0.05) is 65.7 Å². The molecule has 0 spiro atoms. The van der Waals surface area contributed by atoms with E-state index in [0.717, 1.165) is 28.5 Å². The molecule has 1 heterocycles. The highest BCUT2D eigenvalue weighted by Crippen LogP contribution is 2.38. The van der Waals surface area contributed by atoms with Gasteiger partial charge in [0.15, 0.2) is 11.5 Å². The molecule has 33 heavy (non-hydrogen) atoms. The molecule has 3 aromatic rings. The van der Waals surface area contributed by atoms with Gasteiger partial charge in [-0.05, 0) is 54.1 Å². The maximum absolute atomic E-state index is 13.0. The lowest BCUT2D eigenvalue weighted by Gasteiger charge is -2.14. The number of imide groups is 1. The maximum atomic E-state index is 13.0. The van der Waals surface area contributed by atoms with E-state index in [9.17, 15) is 9.59 Å². The van der Waals surface area contributed by atoms with Crippen LogP contribution in [0.3, 0.4) is 0 Å². The lowest BCUT2D eigenvalue weighted by atomic mass is 10.1. The number of hydrogen-bond donors (Lipinski definition) is 0. The van der Waals surface area contributed by atoms with Crippen molar-refractivity contribution in [2.24, 2.45) is 0 Å². The number of carbonyl (C=O) groups excluding carboxylic acids is 2. The van der Waals surface area contributed by atoms with Crippen molar-refractivity contribution in [1.82, 2.24) is 4.90 Å². The molecule has 0 atom stereocenters. The average Bonchev–Trinajstić information content (AvgIpc) is 3.05. The summed E-state index contributed by atoms with van der Waals surface area (Å²) in [5, 5.41) is 0.329.